The first-order valence-electron chi connectivity index (χ1n) is 14.6. The lowest BCUT2D eigenvalue weighted by atomic mass is 10.0. The van der Waals surface area contributed by atoms with E-state index in [2.05, 4.69) is 113 Å². The van der Waals surface area contributed by atoms with Gasteiger partial charge in [0, 0.05) is 88.7 Å². The van der Waals surface area contributed by atoms with Crippen molar-refractivity contribution in [3.05, 3.63) is 134 Å². The highest BCUT2D eigenvalue weighted by molar-refractivity contribution is 7.25. The smallest absolute Gasteiger partial charge is 0.137 e. The quantitative estimate of drug-likeness (QED) is 0.208. The molecule has 0 atom stereocenters. The Morgan fingerprint density at radius 3 is 2.07 bits per heavy atom. The van der Waals surface area contributed by atoms with Crippen molar-refractivity contribution in [2.75, 3.05) is 4.90 Å². The van der Waals surface area contributed by atoms with Gasteiger partial charge in [0.05, 0.1) is 0 Å². The molecule has 10 aromatic rings. The number of furan rings is 2. The molecule has 0 unspecified atom stereocenters. The van der Waals surface area contributed by atoms with E-state index in [-0.39, 0.29) is 0 Å². The molecule has 0 spiro atoms. The number of rotatable bonds is 3. The van der Waals surface area contributed by atoms with Gasteiger partial charge in [-0.1, -0.05) is 42.5 Å². The van der Waals surface area contributed by atoms with Gasteiger partial charge in [-0.3, -0.25) is 4.98 Å². The molecule has 206 valence electrons. The predicted octanol–water partition coefficient (Wildman–Crippen LogP) is 11.9. The highest BCUT2D eigenvalue weighted by atomic mass is 32.1. The van der Waals surface area contributed by atoms with E-state index >= 15 is 0 Å². The molecule has 10 rings (SSSR count). The van der Waals surface area contributed by atoms with E-state index in [4.69, 9.17) is 8.83 Å². The molecular formula is C39H22N2O2S. The maximum atomic E-state index is 6.48. The van der Waals surface area contributed by atoms with Gasteiger partial charge in [-0.2, -0.15) is 0 Å². The van der Waals surface area contributed by atoms with E-state index in [0.29, 0.717) is 0 Å². The molecule has 0 aliphatic rings. The van der Waals surface area contributed by atoms with E-state index in [9.17, 15) is 0 Å². The molecular weight excluding hydrogens is 561 g/mol. The topological polar surface area (TPSA) is 42.4 Å². The Labute approximate surface area is 255 Å². The number of fused-ring (bicyclic) bond motifs is 11. The summed E-state index contributed by atoms with van der Waals surface area (Å²) in [4.78, 5) is 6.70. The molecule has 0 fully saturated rings. The fourth-order valence-electron chi connectivity index (χ4n) is 6.72. The number of hydrogen-bond donors (Lipinski definition) is 0. The van der Waals surface area contributed by atoms with Crippen LogP contribution in [0.3, 0.4) is 0 Å². The lowest BCUT2D eigenvalue weighted by Crippen LogP contribution is -2.09. The van der Waals surface area contributed by atoms with Crippen LogP contribution < -0.4 is 4.90 Å². The molecule has 44 heavy (non-hydrogen) atoms. The monoisotopic (exact) mass is 582 g/mol. The molecule has 0 saturated heterocycles. The molecule has 0 saturated carbocycles. The van der Waals surface area contributed by atoms with E-state index < -0.39 is 0 Å². The van der Waals surface area contributed by atoms with Gasteiger partial charge in [-0.05, 0) is 72.1 Å². The first-order valence-corrected chi connectivity index (χ1v) is 15.4. The summed E-state index contributed by atoms with van der Waals surface area (Å²) < 4.78 is 15.4. The molecule has 0 amide bonds. The minimum atomic E-state index is 0.839. The summed E-state index contributed by atoms with van der Waals surface area (Å²) in [6.07, 6.45) is 3.76. The molecule has 5 heteroatoms. The average molecular weight is 583 g/mol. The Balaban J connectivity index is 1.22. The lowest BCUT2D eigenvalue weighted by Gasteiger charge is -2.25. The third kappa shape index (κ3) is 3.41. The fourth-order valence-corrected chi connectivity index (χ4v) is 7.80. The van der Waals surface area contributed by atoms with E-state index in [0.717, 1.165) is 71.7 Å². The van der Waals surface area contributed by atoms with Gasteiger partial charge in [0.2, 0.25) is 0 Å². The van der Waals surface area contributed by atoms with Gasteiger partial charge in [0.1, 0.15) is 22.3 Å². The zero-order chi connectivity index (χ0) is 28.8. The Morgan fingerprint density at radius 2 is 1.16 bits per heavy atom. The first kappa shape index (κ1) is 23.9. The second-order valence-electron chi connectivity index (χ2n) is 11.2. The van der Waals surface area contributed by atoms with E-state index in [1.165, 1.54) is 20.2 Å². The van der Waals surface area contributed by atoms with Crippen molar-refractivity contribution in [3.8, 4) is 0 Å². The highest BCUT2D eigenvalue weighted by Crippen LogP contribution is 2.44. The van der Waals surface area contributed by atoms with Gasteiger partial charge in [-0.25, -0.2) is 0 Å². The summed E-state index contributed by atoms with van der Waals surface area (Å²) in [6.45, 7) is 0. The zero-order valence-electron chi connectivity index (χ0n) is 23.3. The van der Waals surface area contributed by atoms with E-state index in [1.807, 2.05) is 41.9 Å². The largest absolute Gasteiger partial charge is 0.456 e. The second-order valence-corrected chi connectivity index (χ2v) is 12.3. The molecule has 4 aromatic heterocycles. The summed E-state index contributed by atoms with van der Waals surface area (Å²) in [7, 11) is 0. The standard InChI is InChI=1S/C39H22N2O2S/c1-3-7-33-27(5-1)28-13-10-25(20-35(28)42-33)41(24-12-16-38-31(19-24)29-6-2-4-8-37(29)44-38)26-11-14-30-36(21-26)43-34-15-9-23-17-18-40-22-32(23)39(30)34/h1-22H. The minimum Gasteiger partial charge on any atom is -0.456 e. The number of nitrogens with zero attached hydrogens (tertiary/aromatic N) is 2. The Bertz CT molecular complexity index is 2750. The van der Waals surface area contributed by atoms with E-state index in [1.54, 1.807) is 0 Å². The maximum absolute atomic E-state index is 6.48. The van der Waals surface area contributed by atoms with Crippen molar-refractivity contribution >= 4 is 103 Å². The summed E-state index contributed by atoms with van der Waals surface area (Å²) in [5.41, 5.74) is 6.54. The van der Waals surface area contributed by atoms with Crippen LogP contribution in [0.5, 0.6) is 0 Å². The number of anilines is 3. The number of thiophene rings is 1. The third-order valence-corrected chi connectivity index (χ3v) is 9.89. The molecule has 0 aliphatic heterocycles. The molecule has 4 nitrogen and oxygen atoms in total. The van der Waals surface area contributed by atoms with Crippen LogP contribution in [0, 0.1) is 0 Å². The Kier molecular flexibility index (Phi) is 4.84. The number of hydrogen-bond acceptors (Lipinski definition) is 5. The van der Waals surface area contributed by atoms with Crippen LogP contribution in [0.25, 0.3) is 74.8 Å². The first-order chi connectivity index (χ1) is 21.8. The fraction of sp³-hybridized carbons (Fsp3) is 0. The van der Waals surface area contributed by atoms with Gasteiger partial charge in [-0.15, -0.1) is 11.3 Å². The number of para-hydroxylation sites is 1. The normalized spacial score (nSPS) is 12.1. The average Bonchev–Trinajstić information content (AvgIpc) is 3.75. The SMILES string of the molecule is c1ccc2c(c1)oc1cc(N(c3ccc4c(c3)oc3ccc5ccncc5c34)c3ccc4sc5ccccc5c4c3)ccc12. The van der Waals surface area contributed by atoms with Crippen LogP contribution in [0.2, 0.25) is 0 Å². The molecule has 0 N–H and O–H groups in total. The van der Waals surface area contributed by atoms with Gasteiger partial charge >= 0.3 is 0 Å². The molecule has 4 heterocycles. The van der Waals surface area contributed by atoms with Crippen molar-refractivity contribution in [1.29, 1.82) is 0 Å². The molecule has 0 radical (unpaired) electrons. The van der Waals surface area contributed by atoms with Crippen molar-refractivity contribution < 1.29 is 8.83 Å². The molecule has 6 aromatic carbocycles. The molecule has 0 bridgehead atoms. The second kappa shape index (κ2) is 8.93. The van der Waals surface area contributed by atoms with Gasteiger partial charge in [0.15, 0.2) is 0 Å². The van der Waals surface area contributed by atoms with Crippen LogP contribution in [0.1, 0.15) is 0 Å². The van der Waals surface area contributed by atoms with Crippen molar-refractivity contribution in [2.24, 2.45) is 0 Å². The number of aromatic nitrogens is 1. The van der Waals surface area contributed by atoms with Crippen LogP contribution in [0.4, 0.5) is 17.1 Å². The number of pyridine rings is 1. The maximum Gasteiger partial charge on any atom is 0.137 e. The summed E-state index contributed by atoms with van der Waals surface area (Å²) >= 11 is 1.83. The van der Waals surface area contributed by atoms with Crippen LogP contribution in [0.15, 0.2) is 143 Å². The number of benzene rings is 6. The van der Waals surface area contributed by atoms with Crippen LogP contribution >= 0.6 is 11.3 Å². The summed E-state index contributed by atoms with van der Waals surface area (Å²) in [6, 6.07) is 42.8. The lowest BCUT2D eigenvalue weighted by molar-refractivity contribution is 0.669. The van der Waals surface area contributed by atoms with Crippen molar-refractivity contribution in [2.45, 2.75) is 0 Å². The zero-order valence-corrected chi connectivity index (χ0v) is 24.1. The Morgan fingerprint density at radius 1 is 0.477 bits per heavy atom. The summed E-state index contributed by atoms with van der Waals surface area (Å²) in [5, 5.41) is 9.17. The molecule has 0 aliphatic carbocycles. The summed E-state index contributed by atoms with van der Waals surface area (Å²) in [5.74, 6) is 0. The highest BCUT2D eigenvalue weighted by Gasteiger charge is 2.19. The van der Waals surface area contributed by atoms with Crippen LogP contribution in [-0.2, 0) is 0 Å². The predicted molar refractivity (Wildman–Crippen MR) is 184 cm³/mol. The minimum absolute atomic E-state index is 0.839. The van der Waals surface area contributed by atoms with Crippen molar-refractivity contribution in [1.82, 2.24) is 4.98 Å². The van der Waals surface area contributed by atoms with Gasteiger partial charge < -0.3 is 13.7 Å². The third-order valence-electron chi connectivity index (χ3n) is 8.74. The van der Waals surface area contributed by atoms with Crippen LogP contribution in [-0.4, -0.2) is 4.98 Å². The van der Waals surface area contributed by atoms with Gasteiger partial charge in [0.25, 0.3) is 0 Å². The van der Waals surface area contributed by atoms with Crippen molar-refractivity contribution in [3.63, 3.8) is 0 Å². The Hall–Kier alpha value is -5.65.